The summed E-state index contributed by atoms with van der Waals surface area (Å²) in [5.41, 5.74) is 3.48. The van der Waals surface area contributed by atoms with Crippen molar-refractivity contribution < 1.29 is 28.6 Å². The number of hydrogen-bond acceptors (Lipinski definition) is 7. The topological polar surface area (TPSA) is 115 Å². The maximum absolute atomic E-state index is 11.9. The molecule has 0 saturated carbocycles. The summed E-state index contributed by atoms with van der Waals surface area (Å²) in [6.45, 7) is 1.70. The van der Waals surface area contributed by atoms with E-state index in [4.69, 9.17) is 14.2 Å². The van der Waals surface area contributed by atoms with Crippen LogP contribution in [-0.2, 0) is 19.1 Å². The zero-order chi connectivity index (χ0) is 22.6. The zero-order valence-corrected chi connectivity index (χ0v) is 18.6. The van der Waals surface area contributed by atoms with Crippen LogP contribution in [0.5, 0.6) is 11.5 Å². The molecule has 0 aliphatic heterocycles. The highest BCUT2D eigenvalue weighted by Crippen LogP contribution is 2.36. The number of halogens is 1. The maximum Gasteiger partial charge on any atom is 0.344 e. The van der Waals surface area contributed by atoms with E-state index in [0.717, 1.165) is 0 Å². The number of ether oxygens (including phenoxy) is 3. The van der Waals surface area contributed by atoms with Crippen molar-refractivity contribution in [1.29, 1.82) is 0 Å². The quantitative estimate of drug-likeness (QED) is 0.228. The molecule has 164 valence electrons. The third-order valence-corrected chi connectivity index (χ3v) is 4.26. The molecule has 0 fully saturated rings. The van der Waals surface area contributed by atoms with Crippen LogP contribution in [0.3, 0.4) is 0 Å². The van der Waals surface area contributed by atoms with E-state index in [1.165, 1.54) is 13.3 Å². The van der Waals surface area contributed by atoms with Crippen molar-refractivity contribution in [2.45, 2.75) is 13.3 Å². The first-order valence-electron chi connectivity index (χ1n) is 9.25. The number of amides is 2. The first kappa shape index (κ1) is 23.9. The molecule has 2 amide bonds. The summed E-state index contributed by atoms with van der Waals surface area (Å²) in [6.07, 6.45) is 1.01. The van der Waals surface area contributed by atoms with E-state index in [9.17, 15) is 14.4 Å². The Bertz CT molecular complexity index is 950. The lowest BCUT2D eigenvalue weighted by Crippen LogP contribution is -2.24. The van der Waals surface area contributed by atoms with E-state index in [-0.39, 0.29) is 19.6 Å². The molecule has 0 radical (unpaired) electrons. The first-order valence-corrected chi connectivity index (χ1v) is 10.0. The Morgan fingerprint density at radius 1 is 1.13 bits per heavy atom. The molecule has 2 rings (SSSR count). The van der Waals surface area contributed by atoms with Gasteiger partial charge < -0.3 is 19.5 Å². The summed E-state index contributed by atoms with van der Waals surface area (Å²) in [4.78, 5) is 35.3. The Hall–Kier alpha value is -3.40. The lowest BCUT2D eigenvalue weighted by Gasteiger charge is -2.13. The van der Waals surface area contributed by atoms with Crippen LogP contribution in [0, 0.1) is 0 Å². The van der Waals surface area contributed by atoms with Gasteiger partial charge in [0.25, 0.3) is 0 Å². The second kappa shape index (κ2) is 12.3. The molecule has 0 atom stereocenters. The number of rotatable bonds is 10. The third-order valence-electron chi connectivity index (χ3n) is 3.67. The molecule has 0 spiro atoms. The van der Waals surface area contributed by atoms with Crippen LogP contribution < -0.4 is 20.2 Å². The predicted molar refractivity (Wildman–Crippen MR) is 118 cm³/mol. The second-order valence-electron chi connectivity index (χ2n) is 6.01. The zero-order valence-electron chi connectivity index (χ0n) is 17.0. The summed E-state index contributed by atoms with van der Waals surface area (Å²) >= 11 is 3.35. The molecule has 2 aromatic rings. The molecular formula is C21H22BrN3O6. The van der Waals surface area contributed by atoms with Crippen LogP contribution in [0.4, 0.5) is 5.69 Å². The molecule has 0 heterocycles. The van der Waals surface area contributed by atoms with Crippen molar-refractivity contribution >= 4 is 45.6 Å². The van der Waals surface area contributed by atoms with E-state index in [0.29, 0.717) is 27.2 Å². The Kier molecular flexibility index (Phi) is 9.50. The van der Waals surface area contributed by atoms with Gasteiger partial charge in [0, 0.05) is 5.69 Å². The van der Waals surface area contributed by atoms with Gasteiger partial charge in [0.1, 0.15) is 6.42 Å². The third kappa shape index (κ3) is 8.09. The molecule has 9 nitrogen and oxygen atoms in total. The number of hydrazone groups is 1. The highest BCUT2D eigenvalue weighted by Gasteiger charge is 2.14. The summed E-state index contributed by atoms with van der Waals surface area (Å²) in [5.74, 6) is -0.833. The Morgan fingerprint density at radius 2 is 1.87 bits per heavy atom. The van der Waals surface area contributed by atoms with Crippen molar-refractivity contribution in [3.8, 4) is 11.5 Å². The van der Waals surface area contributed by atoms with E-state index in [1.807, 2.05) is 6.07 Å². The summed E-state index contributed by atoms with van der Waals surface area (Å²) in [6, 6.07) is 12.1. The normalized spacial score (nSPS) is 10.4. The highest BCUT2D eigenvalue weighted by atomic mass is 79.9. The summed E-state index contributed by atoms with van der Waals surface area (Å²) in [7, 11) is 1.45. The fraction of sp³-hybridized carbons (Fsp3) is 0.238. The molecule has 10 heteroatoms. The van der Waals surface area contributed by atoms with E-state index >= 15 is 0 Å². The SMILES string of the molecule is CCOC(=O)COc1c(Br)cc(C=NNC(=O)CC(=O)Nc2ccccc2)cc1OC. The molecule has 2 aromatic carbocycles. The van der Waals surface area contributed by atoms with Crippen LogP contribution in [0.25, 0.3) is 0 Å². The lowest BCUT2D eigenvalue weighted by molar-refractivity contribution is -0.145. The van der Waals surface area contributed by atoms with E-state index in [1.54, 1.807) is 43.3 Å². The molecule has 0 aromatic heterocycles. The molecule has 31 heavy (non-hydrogen) atoms. The van der Waals surface area contributed by atoms with Gasteiger partial charge in [-0.1, -0.05) is 18.2 Å². The number of hydrogen-bond donors (Lipinski definition) is 2. The minimum atomic E-state index is -0.565. The molecule has 0 aliphatic rings. The van der Waals surface area contributed by atoms with Crippen molar-refractivity contribution in [2.75, 3.05) is 25.6 Å². The average Bonchev–Trinajstić information content (AvgIpc) is 2.73. The standard InChI is InChI=1S/C21H22BrN3O6/c1-3-30-20(28)13-31-21-16(22)9-14(10-17(21)29-2)12-23-25-19(27)11-18(26)24-15-7-5-4-6-8-15/h4-10,12H,3,11,13H2,1-2H3,(H,24,26)(H,25,27). The van der Waals surface area contributed by atoms with Gasteiger partial charge in [-0.2, -0.15) is 5.10 Å². The van der Waals surface area contributed by atoms with Crippen molar-refractivity contribution in [3.05, 3.63) is 52.5 Å². The van der Waals surface area contributed by atoms with Crippen LogP contribution in [-0.4, -0.2) is 44.3 Å². The monoisotopic (exact) mass is 491 g/mol. The van der Waals surface area contributed by atoms with Crippen LogP contribution in [0.15, 0.2) is 52.0 Å². The number of carbonyl (C=O) groups is 3. The Balaban J connectivity index is 1.92. The molecule has 0 saturated heterocycles. The second-order valence-corrected chi connectivity index (χ2v) is 6.87. The Morgan fingerprint density at radius 3 is 2.55 bits per heavy atom. The summed E-state index contributed by atoms with van der Waals surface area (Å²) < 4.78 is 16.1. The maximum atomic E-state index is 11.9. The summed E-state index contributed by atoms with van der Waals surface area (Å²) in [5, 5.41) is 6.47. The number of nitrogens with zero attached hydrogens (tertiary/aromatic N) is 1. The van der Waals surface area contributed by atoms with Crippen molar-refractivity contribution in [1.82, 2.24) is 5.43 Å². The first-order chi connectivity index (χ1) is 14.9. The number of methoxy groups -OCH3 is 1. The van der Waals surface area contributed by atoms with Gasteiger partial charge in [0.05, 0.1) is 24.4 Å². The van der Waals surface area contributed by atoms with Crippen molar-refractivity contribution in [3.63, 3.8) is 0 Å². The number of carbonyl (C=O) groups excluding carboxylic acids is 3. The molecule has 0 aliphatic carbocycles. The number of nitrogens with one attached hydrogen (secondary N) is 2. The van der Waals surface area contributed by atoms with Gasteiger partial charge in [0.15, 0.2) is 18.1 Å². The number of para-hydroxylation sites is 1. The minimum Gasteiger partial charge on any atom is -0.493 e. The largest absolute Gasteiger partial charge is 0.493 e. The van der Waals surface area contributed by atoms with Crippen molar-refractivity contribution in [2.24, 2.45) is 5.10 Å². The van der Waals surface area contributed by atoms with Gasteiger partial charge in [-0.15, -0.1) is 0 Å². The predicted octanol–water partition coefficient (Wildman–Crippen LogP) is 2.88. The minimum absolute atomic E-state index is 0.259. The van der Waals surface area contributed by atoms with Gasteiger partial charge in [-0.3, -0.25) is 9.59 Å². The van der Waals surface area contributed by atoms with Gasteiger partial charge in [0.2, 0.25) is 11.8 Å². The fourth-order valence-corrected chi connectivity index (χ4v) is 2.95. The molecule has 2 N–H and O–H groups in total. The average molecular weight is 492 g/mol. The number of esters is 1. The van der Waals surface area contributed by atoms with Crippen LogP contribution in [0.2, 0.25) is 0 Å². The van der Waals surface area contributed by atoms with Gasteiger partial charge in [-0.25, -0.2) is 10.2 Å². The molecular weight excluding hydrogens is 470 g/mol. The lowest BCUT2D eigenvalue weighted by atomic mass is 10.2. The Labute approximate surface area is 187 Å². The van der Waals surface area contributed by atoms with Gasteiger partial charge in [-0.05, 0) is 52.7 Å². The number of anilines is 1. The van der Waals surface area contributed by atoms with Crippen LogP contribution in [0.1, 0.15) is 18.9 Å². The number of benzene rings is 2. The van der Waals surface area contributed by atoms with Gasteiger partial charge >= 0.3 is 5.97 Å². The molecule has 0 bridgehead atoms. The fourth-order valence-electron chi connectivity index (χ4n) is 2.38. The molecule has 0 unspecified atom stereocenters. The van der Waals surface area contributed by atoms with Crippen LogP contribution >= 0.6 is 15.9 Å². The highest BCUT2D eigenvalue weighted by molar-refractivity contribution is 9.10. The van der Waals surface area contributed by atoms with E-state index in [2.05, 4.69) is 31.8 Å². The smallest absolute Gasteiger partial charge is 0.344 e. The van der Waals surface area contributed by atoms with E-state index < -0.39 is 17.8 Å².